The molecule has 0 aliphatic rings. The molecular weight excluding hydrogens is 276 g/mol. The monoisotopic (exact) mass is 292 g/mol. The topological polar surface area (TPSA) is 117 Å². The van der Waals surface area contributed by atoms with Crippen LogP contribution in [0.15, 0.2) is 18.6 Å². The summed E-state index contributed by atoms with van der Waals surface area (Å²) in [6, 6.07) is 0. The van der Waals surface area contributed by atoms with Gasteiger partial charge >= 0.3 is 5.97 Å². The van der Waals surface area contributed by atoms with E-state index in [1.807, 2.05) is 0 Å². The molecule has 0 saturated heterocycles. The van der Waals surface area contributed by atoms with E-state index in [-0.39, 0.29) is 11.4 Å². The maximum absolute atomic E-state index is 11.9. The Morgan fingerprint density at radius 2 is 2.24 bits per heavy atom. The fraction of sp³-hybridized carbons (Fsp3) is 0.333. The number of nitrogen functional groups attached to an aromatic ring is 1. The Kier molecular flexibility index (Phi) is 4.67. The Morgan fingerprint density at radius 3 is 2.86 bits per heavy atom. The van der Waals surface area contributed by atoms with Crippen LogP contribution < -0.4 is 11.1 Å². The predicted octanol–water partition coefficient (Wildman–Crippen LogP) is 0.0894. The summed E-state index contributed by atoms with van der Waals surface area (Å²) in [6.07, 6.45) is 4.53. The third-order valence-electron chi connectivity index (χ3n) is 2.68. The quantitative estimate of drug-likeness (QED) is 0.568. The van der Waals surface area contributed by atoms with Crippen LogP contribution in [-0.4, -0.2) is 53.1 Å². The molecule has 0 unspecified atom stereocenters. The van der Waals surface area contributed by atoms with Crippen molar-refractivity contribution in [3.63, 3.8) is 0 Å². The minimum Gasteiger partial charge on any atom is -0.465 e. The van der Waals surface area contributed by atoms with Gasteiger partial charge in [0.05, 0.1) is 19.9 Å². The maximum atomic E-state index is 11.9. The van der Waals surface area contributed by atoms with E-state index in [4.69, 9.17) is 15.2 Å². The highest BCUT2D eigenvalue weighted by Gasteiger charge is 2.24. The van der Waals surface area contributed by atoms with Crippen molar-refractivity contribution in [3.05, 3.63) is 24.2 Å². The molecule has 0 atom stereocenters. The van der Waals surface area contributed by atoms with E-state index in [0.29, 0.717) is 24.8 Å². The molecule has 0 spiro atoms. The largest absolute Gasteiger partial charge is 0.465 e. The summed E-state index contributed by atoms with van der Waals surface area (Å²) in [4.78, 5) is 19.9. The third kappa shape index (κ3) is 3.08. The lowest BCUT2D eigenvalue weighted by molar-refractivity contribution is 0.0603. The first kappa shape index (κ1) is 14.7. The summed E-state index contributed by atoms with van der Waals surface area (Å²) in [5.74, 6) is 0.256. The number of nitrogens with one attached hydrogen (secondary N) is 1. The van der Waals surface area contributed by atoms with E-state index < -0.39 is 5.97 Å². The molecule has 2 aromatic heterocycles. The molecule has 2 aromatic rings. The van der Waals surface area contributed by atoms with Gasteiger partial charge in [-0.05, 0) is 0 Å². The van der Waals surface area contributed by atoms with E-state index in [2.05, 4.69) is 20.4 Å². The molecule has 21 heavy (non-hydrogen) atoms. The highest BCUT2D eigenvalue weighted by molar-refractivity contribution is 5.99. The Labute approximate surface area is 121 Å². The first-order chi connectivity index (χ1) is 10.2. The smallest absolute Gasteiger partial charge is 0.345 e. The van der Waals surface area contributed by atoms with Crippen molar-refractivity contribution < 1.29 is 14.3 Å². The molecule has 0 amide bonds. The van der Waals surface area contributed by atoms with E-state index in [9.17, 15) is 4.79 Å². The second-order valence-electron chi connectivity index (χ2n) is 4.00. The zero-order valence-electron chi connectivity index (χ0n) is 11.7. The number of hydrogen-bond acceptors (Lipinski definition) is 8. The average molecular weight is 292 g/mol. The molecule has 3 N–H and O–H groups in total. The van der Waals surface area contributed by atoms with Gasteiger partial charge in [-0.25, -0.2) is 9.78 Å². The van der Waals surface area contributed by atoms with E-state index >= 15 is 0 Å². The van der Waals surface area contributed by atoms with Gasteiger partial charge < -0.3 is 20.5 Å². The molecule has 112 valence electrons. The molecule has 0 radical (unpaired) electrons. The Balaban J connectivity index is 2.41. The average Bonchev–Trinajstić information content (AvgIpc) is 2.84. The number of carbonyl (C=O) groups excluding carboxylic acids is 1. The molecule has 2 heterocycles. The van der Waals surface area contributed by atoms with Crippen molar-refractivity contribution in [2.45, 2.75) is 0 Å². The fourth-order valence-corrected chi connectivity index (χ4v) is 1.70. The van der Waals surface area contributed by atoms with Gasteiger partial charge in [0.1, 0.15) is 11.4 Å². The summed E-state index contributed by atoms with van der Waals surface area (Å²) in [5, 5.41) is 7.22. The van der Waals surface area contributed by atoms with Crippen LogP contribution in [0, 0.1) is 0 Å². The standard InChI is InChI=1S/C12H16N6O3/c1-20-6-5-16-11-9(12(19)21-2)10(13)18(17-11)8-7-14-3-4-15-8/h3-4,7H,5-6,13H2,1-2H3,(H,16,17). The van der Waals surface area contributed by atoms with Crippen molar-refractivity contribution in [2.24, 2.45) is 0 Å². The second kappa shape index (κ2) is 6.66. The predicted molar refractivity (Wildman–Crippen MR) is 75.3 cm³/mol. The van der Waals surface area contributed by atoms with Crippen LogP contribution in [0.5, 0.6) is 0 Å². The van der Waals surface area contributed by atoms with Gasteiger partial charge in [0.15, 0.2) is 11.6 Å². The van der Waals surface area contributed by atoms with Crippen LogP contribution in [0.3, 0.4) is 0 Å². The minimum absolute atomic E-state index is 0.127. The van der Waals surface area contributed by atoms with Crippen LogP contribution in [0.4, 0.5) is 11.6 Å². The molecule has 0 saturated carbocycles. The zero-order valence-corrected chi connectivity index (χ0v) is 11.7. The molecule has 0 fully saturated rings. The number of aromatic nitrogens is 4. The summed E-state index contributed by atoms with van der Waals surface area (Å²) in [6.45, 7) is 0.927. The van der Waals surface area contributed by atoms with Crippen LogP contribution in [0.1, 0.15) is 10.4 Å². The summed E-state index contributed by atoms with van der Waals surface area (Å²) >= 11 is 0. The van der Waals surface area contributed by atoms with Crippen LogP contribution in [0.2, 0.25) is 0 Å². The van der Waals surface area contributed by atoms with Gasteiger partial charge in [-0.3, -0.25) is 4.98 Å². The van der Waals surface area contributed by atoms with Gasteiger partial charge in [-0.15, -0.1) is 5.10 Å². The first-order valence-electron chi connectivity index (χ1n) is 6.15. The number of ether oxygens (including phenoxy) is 2. The Bertz CT molecular complexity index is 613. The van der Waals surface area contributed by atoms with Crippen molar-refractivity contribution in [1.82, 2.24) is 19.7 Å². The van der Waals surface area contributed by atoms with Crippen molar-refractivity contribution in [2.75, 3.05) is 38.4 Å². The molecular formula is C12H16N6O3. The lowest BCUT2D eigenvalue weighted by Gasteiger charge is -2.04. The number of esters is 1. The summed E-state index contributed by atoms with van der Waals surface area (Å²) < 4.78 is 11.0. The second-order valence-corrected chi connectivity index (χ2v) is 4.00. The van der Waals surface area contributed by atoms with Gasteiger partial charge in [-0.2, -0.15) is 4.68 Å². The fourth-order valence-electron chi connectivity index (χ4n) is 1.70. The number of methoxy groups -OCH3 is 2. The number of anilines is 2. The molecule has 0 aliphatic carbocycles. The lowest BCUT2D eigenvalue weighted by Crippen LogP contribution is -2.12. The van der Waals surface area contributed by atoms with Gasteiger partial charge in [0.25, 0.3) is 0 Å². The van der Waals surface area contributed by atoms with Gasteiger partial charge in [-0.1, -0.05) is 0 Å². The number of hydrogen-bond donors (Lipinski definition) is 2. The molecule has 2 rings (SSSR count). The molecule has 9 heteroatoms. The van der Waals surface area contributed by atoms with Crippen molar-refractivity contribution in [3.8, 4) is 5.82 Å². The Hall–Kier alpha value is -2.68. The summed E-state index contributed by atoms with van der Waals surface area (Å²) in [5.41, 5.74) is 6.13. The van der Waals surface area contributed by atoms with Crippen molar-refractivity contribution in [1.29, 1.82) is 0 Å². The van der Waals surface area contributed by atoms with Gasteiger partial charge in [0.2, 0.25) is 0 Å². The number of rotatable bonds is 6. The zero-order chi connectivity index (χ0) is 15.2. The SMILES string of the molecule is COCCNc1nn(-c2cnccn2)c(N)c1C(=O)OC. The number of carbonyl (C=O) groups is 1. The minimum atomic E-state index is -0.581. The molecule has 9 nitrogen and oxygen atoms in total. The molecule has 0 aliphatic heterocycles. The lowest BCUT2D eigenvalue weighted by atomic mass is 10.3. The Morgan fingerprint density at radius 1 is 1.43 bits per heavy atom. The molecule has 0 bridgehead atoms. The maximum Gasteiger partial charge on any atom is 0.345 e. The number of nitrogens with two attached hydrogens (primary N) is 1. The summed E-state index contributed by atoms with van der Waals surface area (Å²) in [7, 11) is 2.86. The highest BCUT2D eigenvalue weighted by Crippen LogP contribution is 2.24. The molecule has 0 aromatic carbocycles. The van der Waals surface area contributed by atoms with E-state index in [1.165, 1.54) is 30.4 Å². The van der Waals surface area contributed by atoms with E-state index in [1.54, 1.807) is 7.11 Å². The van der Waals surface area contributed by atoms with Crippen LogP contribution in [0.25, 0.3) is 5.82 Å². The van der Waals surface area contributed by atoms with Gasteiger partial charge in [0, 0.05) is 26.0 Å². The third-order valence-corrected chi connectivity index (χ3v) is 2.68. The van der Waals surface area contributed by atoms with Crippen LogP contribution >= 0.6 is 0 Å². The van der Waals surface area contributed by atoms with Crippen molar-refractivity contribution >= 4 is 17.6 Å². The van der Waals surface area contributed by atoms with Crippen LogP contribution in [-0.2, 0) is 9.47 Å². The normalized spacial score (nSPS) is 10.4. The first-order valence-corrected chi connectivity index (χ1v) is 6.15. The highest BCUT2D eigenvalue weighted by atomic mass is 16.5. The van der Waals surface area contributed by atoms with E-state index in [0.717, 1.165) is 0 Å². The number of nitrogens with zero attached hydrogens (tertiary/aromatic N) is 4.